The van der Waals surface area contributed by atoms with Crippen LogP contribution in [0.3, 0.4) is 0 Å². The number of nitrogens with zero attached hydrogens (tertiary/aromatic N) is 1. The minimum Gasteiger partial charge on any atom is -0.493 e. The highest BCUT2D eigenvalue weighted by Crippen LogP contribution is 2.38. The van der Waals surface area contributed by atoms with Gasteiger partial charge >= 0.3 is 17.9 Å². The van der Waals surface area contributed by atoms with Crippen LogP contribution in [0.15, 0.2) is 42.0 Å². The number of hydrogen-bond acceptors (Lipinski definition) is 10. The van der Waals surface area contributed by atoms with Gasteiger partial charge < -0.3 is 24.1 Å². The molecular formula is C31H28ClNO9S. The standard InChI is InChI=1S/C31H28ClNO9S/c1-5-40-30(37)26-17(3)28(31(38)41-6-2)43-25(26)14-23(34)21(15-33)11-19-12-22(32)27(24(13-19)39-4)42-16-18-8-7-9-20(10-18)29(35)36/h7-13H,5-6,14,16H2,1-4H3,(H,35,36)/b21-11+. The lowest BCUT2D eigenvalue weighted by Gasteiger charge is -2.14. The Kier molecular flexibility index (Phi) is 11.5. The van der Waals surface area contributed by atoms with Gasteiger partial charge in [0, 0.05) is 11.3 Å². The maximum Gasteiger partial charge on any atom is 0.348 e. The molecule has 43 heavy (non-hydrogen) atoms. The fraction of sp³-hybridized carbons (Fsp3) is 0.258. The summed E-state index contributed by atoms with van der Waals surface area (Å²) in [5.41, 5.74) is 1.28. The highest BCUT2D eigenvalue weighted by Gasteiger charge is 2.28. The van der Waals surface area contributed by atoms with E-state index in [4.69, 9.17) is 30.5 Å². The van der Waals surface area contributed by atoms with E-state index in [9.17, 15) is 29.5 Å². The second kappa shape index (κ2) is 15.0. The van der Waals surface area contributed by atoms with Gasteiger partial charge in [0.15, 0.2) is 17.3 Å². The van der Waals surface area contributed by atoms with Gasteiger partial charge in [-0.05, 0) is 67.8 Å². The molecule has 0 fully saturated rings. The number of carboxylic acid groups (broad SMARTS) is 1. The van der Waals surface area contributed by atoms with Crippen LogP contribution in [-0.2, 0) is 27.3 Å². The number of carbonyl (C=O) groups excluding carboxylic acids is 3. The maximum atomic E-state index is 13.3. The molecule has 3 rings (SSSR count). The number of hydrogen-bond donors (Lipinski definition) is 1. The number of nitriles is 1. The Hall–Kier alpha value is -4.66. The molecule has 0 spiro atoms. The van der Waals surface area contributed by atoms with Gasteiger partial charge in [0.2, 0.25) is 0 Å². The van der Waals surface area contributed by atoms with E-state index >= 15 is 0 Å². The summed E-state index contributed by atoms with van der Waals surface area (Å²) < 4.78 is 21.5. The van der Waals surface area contributed by atoms with E-state index in [1.165, 1.54) is 37.5 Å². The number of ketones is 1. The number of esters is 2. The average molecular weight is 626 g/mol. The lowest BCUT2D eigenvalue weighted by atomic mass is 10.0. The van der Waals surface area contributed by atoms with Crippen LogP contribution in [0.1, 0.15) is 65.8 Å². The summed E-state index contributed by atoms with van der Waals surface area (Å²) in [4.78, 5) is 50.1. The summed E-state index contributed by atoms with van der Waals surface area (Å²) >= 11 is 7.41. The lowest BCUT2D eigenvalue weighted by molar-refractivity contribution is -0.114. The maximum absolute atomic E-state index is 13.3. The molecule has 0 saturated heterocycles. The molecule has 0 aliphatic heterocycles. The van der Waals surface area contributed by atoms with Crippen molar-refractivity contribution < 1.29 is 43.2 Å². The Morgan fingerprint density at radius 1 is 1.07 bits per heavy atom. The molecule has 0 unspecified atom stereocenters. The third kappa shape index (κ3) is 8.00. The van der Waals surface area contributed by atoms with Gasteiger partial charge in [-0.25, -0.2) is 14.4 Å². The third-order valence-electron chi connectivity index (χ3n) is 6.02. The fourth-order valence-electron chi connectivity index (χ4n) is 4.06. The van der Waals surface area contributed by atoms with E-state index < -0.39 is 23.7 Å². The van der Waals surface area contributed by atoms with Crippen molar-refractivity contribution in [2.45, 2.75) is 33.8 Å². The zero-order valence-corrected chi connectivity index (χ0v) is 25.4. The predicted octanol–water partition coefficient (Wildman–Crippen LogP) is 6.07. The predicted molar refractivity (Wildman–Crippen MR) is 159 cm³/mol. The van der Waals surface area contributed by atoms with Crippen molar-refractivity contribution in [1.82, 2.24) is 0 Å². The number of carbonyl (C=O) groups is 4. The number of thiophene rings is 1. The molecule has 2 aromatic carbocycles. The van der Waals surface area contributed by atoms with E-state index in [0.29, 0.717) is 16.7 Å². The molecule has 0 bridgehead atoms. The topological polar surface area (TPSA) is 149 Å². The number of carboxylic acids is 1. The van der Waals surface area contributed by atoms with E-state index in [1.54, 1.807) is 32.9 Å². The van der Waals surface area contributed by atoms with Gasteiger partial charge in [-0.15, -0.1) is 11.3 Å². The molecule has 1 aromatic heterocycles. The van der Waals surface area contributed by atoms with Crippen LogP contribution in [0.2, 0.25) is 5.02 Å². The smallest absolute Gasteiger partial charge is 0.348 e. The van der Waals surface area contributed by atoms with Gasteiger partial charge in [-0.2, -0.15) is 5.26 Å². The van der Waals surface area contributed by atoms with E-state index in [0.717, 1.165) is 11.3 Å². The van der Waals surface area contributed by atoms with Crippen LogP contribution in [-0.4, -0.2) is 49.1 Å². The third-order valence-corrected chi connectivity index (χ3v) is 7.57. The minimum atomic E-state index is -1.07. The zero-order chi connectivity index (χ0) is 31.7. The minimum absolute atomic E-state index is 0.00509. The van der Waals surface area contributed by atoms with E-state index in [2.05, 4.69) is 0 Å². The molecule has 12 heteroatoms. The Balaban J connectivity index is 1.90. The SMILES string of the molecule is CCOC(=O)c1sc(CC(=O)/C(C#N)=C/c2cc(Cl)c(OCc3cccc(C(=O)O)c3)c(OC)c2)c(C(=O)OCC)c1C. The van der Waals surface area contributed by atoms with Crippen LogP contribution >= 0.6 is 22.9 Å². The second-order valence-electron chi connectivity index (χ2n) is 8.89. The van der Waals surface area contributed by atoms with Crippen LogP contribution in [0, 0.1) is 18.3 Å². The Bertz CT molecular complexity index is 1630. The van der Waals surface area contributed by atoms with Crippen LogP contribution in [0.4, 0.5) is 0 Å². The number of halogens is 1. The highest BCUT2D eigenvalue weighted by atomic mass is 35.5. The Labute approximate surface area is 257 Å². The largest absolute Gasteiger partial charge is 0.493 e. The molecule has 10 nitrogen and oxygen atoms in total. The monoisotopic (exact) mass is 625 g/mol. The number of ether oxygens (including phenoxy) is 4. The fourth-order valence-corrected chi connectivity index (χ4v) is 5.51. The number of aromatic carboxylic acids is 1. The summed E-state index contributed by atoms with van der Waals surface area (Å²) in [6.07, 6.45) is 0.994. The molecule has 3 aromatic rings. The first-order chi connectivity index (χ1) is 20.5. The highest BCUT2D eigenvalue weighted by molar-refractivity contribution is 7.14. The Morgan fingerprint density at radius 3 is 2.40 bits per heavy atom. The van der Waals surface area contributed by atoms with Gasteiger partial charge in [-0.1, -0.05) is 23.7 Å². The molecule has 0 atom stereocenters. The van der Waals surface area contributed by atoms with Crippen molar-refractivity contribution in [2.24, 2.45) is 0 Å². The van der Waals surface area contributed by atoms with Crippen LogP contribution < -0.4 is 9.47 Å². The molecule has 224 valence electrons. The van der Waals surface area contributed by atoms with Crippen molar-refractivity contribution >= 4 is 52.7 Å². The molecule has 0 saturated carbocycles. The van der Waals surface area contributed by atoms with E-state index in [1.807, 2.05) is 6.07 Å². The van der Waals surface area contributed by atoms with Gasteiger partial charge in [0.05, 0.1) is 42.0 Å². The molecule has 0 aliphatic rings. The second-order valence-corrected chi connectivity index (χ2v) is 10.4. The van der Waals surface area contributed by atoms with E-state index in [-0.39, 0.29) is 69.2 Å². The number of allylic oxidation sites excluding steroid dienone is 1. The molecule has 0 radical (unpaired) electrons. The van der Waals surface area contributed by atoms with Crippen molar-refractivity contribution in [3.8, 4) is 17.6 Å². The van der Waals surface area contributed by atoms with Gasteiger partial charge in [0.1, 0.15) is 17.6 Å². The number of rotatable bonds is 13. The summed E-state index contributed by atoms with van der Waals surface area (Å²) in [5.74, 6) is -2.56. The molecule has 0 amide bonds. The first kappa shape index (κ1) is 32.8. The average Bonchev–Trinajstić information content (AvgIpc) is 3.30. The number of benzene rings is 2. The van der Waals surface area contributed by atoms with Crippen molar-refractivity contribution in [1.29, 1.82) is 5.26 Å². The summed E-state index contributed by atoms with van der Waals surface area (Å²) in [6.45, 7) is 5.10. The van der Waals surface area contributed by atoms with Crippen molar-refractivity contribution in [3.63, 3.8) is 0 Å². The van der Waals surface area contributed by atoms with Crippen LogP contribution in [0.5, 0.6) is 11.5 Å². The number of methoxy groups -OCH3 is 1. The molecule has 1 N–H and O–H groups in total. The summed E-state index contributed by atoms with van der Waals surface area (Å²) in [7, 11) is 1.39. The van der Waals surface area contributed by atoms with Crippen molar-refractivity contribution in [3.05, 3.63) is 84.6 Å². The first-order valence-electron chi connectivity index (χ1n) is 13.0. The molecule has 0 aliphatic carbocycles. The zero-order valence-electron chi connectivity index (χ0n) is 23.8. The quantitative estimate of drug-likeness (QED) is 0.135. The summed E-state index contributed by atoms with van der Waals surface area (Å²) in [5, 5.41) is 19.1. The van der Waals surface area contributed by atoms with Gasteiger partial charge in [-0.3, -0.25) is 4.79 Å². The molecule has 1 heterocycles. The molecular weight excluding hydrogens is 598 g/mol. The first-order valence-corrected chi connectivity index (χ1v) is 14.2. The lowest BCUT2D eigenvalue weighted by Crippen LogP contribution is -2.12. The summed E-state index contributed by atoms with van der Waals surface area (Å²) in [6, 6.07) is 11.1. The van der Waals surface area contributed by atoms with Crippen molar-refractivity contribution in [2.75, 3.05) is 20.3 Å². The normalized spacial score (nSPS) is 10.9. The Morgan fingerprint density at radius 2 is 1.77 bits per heavy atom. The number of Topliss-reactive ketones (excluding diaryl/α,β-unsaturated/α-hetero) is 1. The van der Waals surface area contributed by atoms with Crippen LogP contribution in [0.25, 0.3) is 6.08 Å². The van der Waals surface area contributed by atoms with Gasteiger partial charge in [0.25, 0.3) is 0 Å².